The van der Waals surface area contributed by atoms with Gasteiger partial charge in [0.15, 0.2) is 33.1 Å². The fourth-order valence-corrected chi connectivity index (χ4v) is 8.78. The van der Waals surface area contributed by atoms with E-state index in [2.05, 4.69) is 5.32 Å². The number of fused-ring (bicyclic) bond motifs is 3. The molecule has 3 aliphatic rings. The van der Waals surface area contributed by atoms with E-state index in [4.69, 9.17) is 21.1 Å². The molecule has 11 heteroatoms. The summed E-state index contributed by atoms with van der Waals surface area (Å²) in [5.41, 5.74) is -1.08. The molecule has 4 atom stereocenters. The first-order valence-corrected chi connectivity index (χ1v) is 13.1. The number of benzene rings is 2. The molecule has 35 heavy (non-hydrogen) atoms. The molecule has 3 fully saturated rings. The maximum Gasteiger partial charge on any atom is 0.255 e. The van der Waals surface area contributed by atoms with Crippen LogP contribution < -0.4 is 5.32 Å². The fraction of sp³-hybridized carbons (Fsp3) is 0.458. The summed E-state index contributed by atoms with van der Waals surface area (Å²) >= 11 is 6.29. The number of ether oxygens (including phenoxy) is 2. The lowest BCUT2D eigenvalue weighted by Gasteiger charge is -2.33. The van der Waals surface area contributed by atoms with Crippen molar-refractivity contribution in [1.82, 2.24) is 0 Å². The maximum absolute atomic E-state index is 13.8. The molecule has 1 spiro atoms. The number of amides is 1. The Balaban J connectivity index is 1.44. The Morgan fingerprint density at radius 1 is 1.11 bits per heavy atom. The van der Waals surface area contributed by atoms with Gasteiger partial charge in [-0.2, -0.15) is 0 Å². The van der Waals surface area contributed by atoms with E-state index in [1.807, 2.05) is 0 Å². The van der Waals surface area contributed by atoms with Crippen molar-refractivity contribution < 1.29 is 35.9 Å². The SMILES string of the molecule is CC1(C)OC[C@]2(C[C@H]3CCC2C3S(=O)(=O)c2cc(C(=O)Nc3cc(F)c(F)c(F)c3)ccc2Cl)O1. The molecule has 5 rings (SSSR count). The summed E-state index contributed by atoms with van der Waals surface area (Å²) in [5.74, 6) is -6.64. The summed E-state index contributed by atoms with van der Waals surface area (Å²) in [4.78, 5) is 12.5. The molecule has 2 bridgehead atoms. The third-order valence-corrected chi connectivity index (χ3v) is 10.0. The molecule has 2 aromatic rings. The number of sulfone groups is 1. The largest absolute Gasteiger partial charge is 0.347 e. The highest BCUT2D eigenvalue weighted by atomic mass is 35.5. The van der Waals surface area contributed by atoms with Crippen molar-refractivity contribution >= 4 is 33.0 Å². The summed E-state index contributed by atoms with van der Waals surface area (Å²) in [6.45, 7) is 3.91. The van der Waals surface area contributed by atoms with Gasteiger partial charge in [0.2, 0.25) is 0 Å². The number of hydrogen-bond acceptors (Lipinski definition) is 5. The molecule has 0 radical (unpaired) electrons. The van der Waals surface area contributed by atoms with Crippen LogP contribution in [0.15, 0.2) is 35.2 Å². The van der Waals surface area contributed by atoms with Crippen LogP contribution in [0.1, 0.15) is 43.5 Å². The van der Waals surface area contributed by atoms with Gasteiger partial charge in [0.05, 0.1) is 27.4 Å². The second-order valence-corrected chi connectivity index (χ2v) is 12.3. The van der Waals surface area contributed by atoms with Gasteiger partial charge in [-0.15, -0.1) is 0 Å². The van der Waals surface area contributed by atoms with Gasteiger partial charge in [-0.3, -0.25) is 4.79 Å². The smallest absolute Gasteiger partial charge is 0.255 e. The number of carbonyl (C=O) groups is 1. The Bertz CT molecular complexity index is 1310. The highest BCUT2D eigenvalue weighted by Gasteiger charge is 2.66. The molecule has 0 aromatic heterocycles. The molecule has 2 aliphatic carbocycles. The van der Waals surface area contributed by atoms with E-state index in [1.54, 1.807) is 13.8 Å². The van der Waals surface area contributed by atoms with Gasteiger partial charge in [0.25, 0.3) is 5.91 Å². The van der Waals surface area contributed by atoms with Crippen LogP contribution in [-0.2, 0) is 19.3 Å². The molecule has 1 amide bonds. The predicted octanol–water partition coefficient (Wildman–Crippen LogP) is 5.10. The molecule has 1 heterocycles. The van der Waals surface area contributed by atoms with Crippen LogP contribution in [0.25, 0.3) is 0 Å². The van der Waals surface area contributed by atoms with Crippen LogP contribution >= 0.6 is 11.6 Å². The van der Waals surface area contributed by atoms with E-state index in [1.165, 1.54) is 12.1 Å². The molecule has 188 valence electrons. The summed E-state index contributed by atoms with van der Waals surface area (Å²) in [6, 6.07) is 5.01. The van der Waals surface area contributed by atoms with Gasteiger partial charge in [-0.05, 0) is 57.2 Å². The first-order valence-electron chi connectivity index (χ1n) is 11.2. The number of anilines is 1. The monoisotopic (exact) mass is 529 g/mol. The average Bonchev–Trinajstić information content (AvgIpc) is 3.42. The van der Waals surface area contributed by atoms with Crippen LogP contribution in [0, 0.1) is 29.3 Å². The van der Waals surface area contributed by atoms with Crippen LogP contribution in [0.5, 0.6) is 0 Å². The lowest BCUT2D eigenvalue weighted by molar-refractivity contribution is -0.171. The van der Waals surface area contributed by atoms with Crippen LogP contribution in [-0.4, -0.2) is 37.6 Å². The summed E-state index contributed by atoms with van der Waals surface area (Å²) < 4.78 is 79.9. The Morgan fingerprint density at radius 2 is 1.80 bits per heavy atom. The topological polar surface area (TPSA) is 81.7 Å². The molecule has 1 N–H and O–H groups in total. The quantitative estimate of drug-likeness (QED) is 0.557. The molecule has 2 aromatic carbocycles. The molecule has 6 nitrogen and oxygen atoms in total. The van der Waals surface area contributed by atoms with Gasteiger partial charge in [-0.1, -0.05) is 11.6 Å². The molecule has 1 saturated heterocycles. The van der Waals surface area contributed by atoms with E-state index >= 15 is 0 Å². The van der Waals surface area contributed by atoms with Crippen molar-refractivity contribution in [2.24, 2.45) is 11.8 Å². The minimum atomic E-state index is -3.97. The van der Waals surface area contributed by atoms with Crippen LogP contribution in [0.4, 0.5) is 18.9 Å². The Labute approximate surface area is 205 Å². The van der Waals surface area contributed by atoms with Crippen molar-refractivity contribution in [3.8, 4) is 0 Å². The molecule has 1 aliphatic heterocycles. The van der Waals surface area contributed by atoms with E-state index in [-0.39, 0.29) is 33.0 Å². The van der Waals surface area contributed by atoms with Gasteiger partial charge >= 0.3 is 0 Å². The van der Waals surface area contributed by atoms with E-state index in [0.717, 1.165) is 12.5 Å². The first kappa shape index (κ1) is 24.5. The molecule has 2 unspecified atom stereocenters. The average molecular weight is 530 g/mol. The zero-order valence-corrected chi connectivity index (χ0v) is 20.5. The van der Waals surface area contributed by atoms with Crippen LogP contribution in [0.2, 0.25) is 5.02 Å². The minimum absolute atomic E-state index is 0.0373. The van der Waals surface area contributed by atoms with Crippen molar-refractivity contribution in [1.29, 1.82) is 0 Å². The highest BCUT2D eigenvalue weighted by Crippen LogP contribution is 2.59. The minimum Gasteiger partial charge on any atom is -0.347 e. The molecular formula is C24H23ClF3NO5S. The van der Waals surface area contributed by atoms with Crippen molar-refractivity contribution in [2.75, 3.05) is 11.9 Å². The second-order valence-electron chi connectivity index (χ2n) is 9.87. The predicted molar refractivity (Wildman–Crippen MR) is 121 cm³/mol. The highest BCUT2D eigenvalue weighted by molar-refractivity contribution is 7.92. The molecular weight excluding hydrogens is 507 g/mol. The standard InChI is InChI=1S/C24H23ClF3NO5S/c1-23(2)33-11-24(34-23)10-13-3-5-15(24)21(13)35(31,32)19-7-12(4-6-16(19)25)22(30)29-14-8-17(26)20(28)18(27)9-14/h4,6-9,13,15,21H,3,5,10-11H2,1-2H3,(H,29,30)/t13-,15?,21?,24+/m1/s1. The lowest BCUT2D eigenvalue weighted by atomic mass is 9.85. The number of carbonyl (C=O) groups excluding carboxylic acids is 1. The van der Waals surface area contributed by atoms with Crippen LogP contribution in [0.3, 0.4) is 0 Å². The fourth-order valence-electron chi connectivity index (χ4n) is 5.86. The van der Waals surface area contributed by atoms with E-state index < -0.39 is 49.8 Å². The first-order chi connectivity index (χ1) is 16.3. The van der Waals surface area contributed by atoms with E-state index in [0.29, 0.717) is 31.6 Å². The van der Waals surface area contributed by atoms with Gasteiger partial charge in [0.1, 0.15) is 0 Å². The molecule has 2 saturated carbocycles. The van der Waals surface area contributed by atoms with Gasteiger partial charge in [-0.25, -0.2) is 21.6 Å². The maximum atomic E-state index is 13.8. The summed E-state index contributed by atoms with van der Waals surface area (Å²) in [7, 11) is -3.97. The number of halogens is 4. The second kappa shape index (κ2) is 8.19. The van der Waals surface area contributed by atoms with Crippen molar-refractivity contribution in [2.45, 2.75) is 54.6 Å². The normalized spacial score (nSPS) is 29.1. The number of rotatable bonds is 4. The van der Waals surface area contributed by atoms with E-state index in [9.17, 15) is 26.4 Å². The van der Waals surface area contributed by atoms with Gasteiger partial charge in [0, 0.05) is 29.3 Å². The third kappa shape index (κ3) is 4.04. The zero-order valence-electron chi connectivity index (χ0n) is 18.9. The Kier molecular flexibility index (Phi) is 5.75. The number of hydrogen-bond donors (Lipinski definition) is 1. The van der Waals surface area contributed by atoms with Gasteiger partial charge < -0.3 is 14.8 Å². The van der Waals surface area contributed by atoms with Crippen molar-refractivity contribution in [3.63, 3.8) is 0 Å². The Hall–Kier alpha value is -2.14. The number of nitrogens with one attached hydrogen (secondary N) is 1. The Morgan fingerprint density at radius 3 is 2.43 bits per heavy atom. The lowest BCUT2D eigenvalue weighted by Crippen LogP contribution is -2.42. The zero-order chi connectivity index (χ0) is 25.3. The summed E-state index contributed by atoms with van der Waals surface area (Å²) in [5, 5.41) is 1.48. The third-order valence-electron chi connectivity index (χ3n) is 7.21. The summed E-state index contributed by atoms with van der Waals surface area (Å²) in [6.07, 6.45) is 1.97. The van der Waals surface area contributed by atoms with Crippen molar-refractivity contribution in [3.05, 3.63) is 58.4 Å².